The van der Waals surface area contributed by atoms with Crippen molar-refractivity contribution in [2.24, 2.45) is 7.05 Å². The predicted octanol–water partition coefficient (Wildman–Crippen LogP) is 2.12. The average molecular weight is 398 g/mol. The smallest absolute Gasteiger partial charge is 0.262 e. The molecule has 0 unspecified atom stereocenters. The van der Waals surface area contributed by atoms with Crippen molar-refractivity contribution in [1.82, 2.24) is 28.7 Å². The summed E-state index contributed by atoms with van der Waals surface area (Å²) in [7, 11) is 1.59. The first-order valence-electron chi connectivity index (χ1n) is 9.45. The van der Waals surface area contributed by atoms with Crippen molar-refractivity contribution in [3.8, 4) is 11.4 Å². The van der Waals surface area contributed by atoms with Gasteiger partial charge in [-0.25, -0.2) is 23.5 Å². The number of pyridine rings is 1. The standard InChI is InChI=1S/C22H18N6O2/c1-25-21(29)26(14-16-6-3-2-4-7-16)22(30)28(25)18-9-10-20-17(12-18)15-27(24-20)19-8-5-11-23-13-19/h2-13,15H,14H2,1H3. The third-order valence-corrected chi connectivity index (χ3v) is 5.05. The second-order valence-corrected chi connectivity index (χ2v) is 7.00. The Bertz CT molecular complexity index is 1460. The van der Waals surface area contributed by atoms with Crippen LogP contribution in [0, 0.1) is 0 Å². The predicted molar refractivity (Wildman–Crippen MR) is 113 cm³/mol. The zero-order chi connectivity index (χ0) is 20.7. The van der Waals surface area contributed by atoms with Crippen molar-refractivity contribution in [2.75, 3.05) is 0 Å². The van der Waals surface area contributed by atoms with Crippen LogP contribution in [-0.4, -0.2) is 28.7 Å². The van der Waals surface area contributed by atoms with Crippen LogP contribution in [0.2, 0.25) is 0 Å². The molecule has 0 amide bonds. The summed E-state index contributed by atoms with van der Waals surface area (Å²) in [5.41, 5.74) is 2.37. The van der Waals surface area contributed by atoms with E-state index in [1.54, 1.807) is 30.2 Å². The van der Waals surface area contributed by atoms with Crippen LogP contribution in [0.5, 0.6) is 0 Å². The Labute approximate surface area is 170 Å². The van der Waals surface area contributed by atoms with E-state index in [2.05, 4.69) is 10.1 Å². The van der Waals surface area contributed by atoms with Gasteiger partial charge in [-0.05, 0) is 35.9 Å². The molecule has 0 saturated carbocycles. The van der Waals surface area contributed by atoms with Crippen LogP contribution in [-0.2, 0) is 13.6 Å². The summed E-state index contributed by atoms with van der Waals surface area (Å²) in [6.07, 6.45) is 5.31. The van der Waals surface area contributed by atoms with Crippen LogP contribution in [0.15, 0.2) is 88.8 Å². The third-order valence-electron chi connectivity index (χ3n) is 5.05. The molecule has 0 N–H and O–H groups in total. The number of benzene rings is 2. The zero-order valence-electron chi connectivity index (χ0n) is 16.2. The first kappa shape index (κ1) is 17.9. The van der Waals surface area contributed by atoms with E-state index in [9.17, 15) is 9.59 Å². The molecule has 0 aliphatic rings. The highest BCUT2D eigenvalue weighted by molar-refractivity contribution is 5.80. The number of rotatable bonds is 4. The van der Waals surface area contributed by atoms with Gasteiger partial charge in [0.15, 0.2) is 0 Å². The van der Waals surface area contributed by atoms with E-state index >= 15 is 0 Å². The molecule has 8 nitrogen and oxygen atoms in total. The van der Waals surface area contributed by atoms with Gasteiger partial charge in [-0.2, -0.15) is 9.78 Å². The van der Waals surface area contributed by atoms with Gasteiger partial charge in [0.25, 0.3) is 0 Å². The summed E-state index contributed by atoms with van der Waals surface area (Å²) in [4.78, 5) is 29.9. The second-order valence-electron chi connectivity index (χ2n) is 7.00. The lowest BCUT2D eigenvalue weighted by Crippen LogP contribution is -2.29. The summed E-state index contributed by atoms with van der Waals surface area (Å²) >= 11 is 0. The molecule has 0 bridgehead atoms. The normalized spacial score (nSPS) is 11.2. The number of nitrogens with zero attached hydrogens (tertiary/aromatic N) is 6. The lowest BCUT2D eigenvalue weighted by Gasteiger charge is -2.04. The quantitative estimate of drug-likeness (QED) is 0.465. The molecule has 0 aliphatic heterocycles. The third kappa shape index (κ3) is 2.95. The molecule has 5 aromatic rings. The molecule has 0 radical (unpaired) electrons. The fourth-order valence-electron chi connectivity index (χ4n) is 3.54. The highest BCUT2D eigenvalue weighted by atomic mass is 16.2. The molecule has 3 aromatic heterocycles. The van der Waals surface area contributed by atoms with E-state index in [0.717, 1.165) is 22.2 Å². The van der Waals surface area contributed by atoms with Crippen molar-refractivity contribution in [2.45, 2.75) is 6.54 Å². The van der Waals surface area contributed by atoms with E-state index in [-0.39, 0.29) is 17.9 Å². The number of fused-ring (bicyclic) bond motifs is 1. The van der Waals surface area contributed by atoms with E-state index < -0.39 is 0 Å². The van der Waals surface area contributed by atoms with Gasteiger partial charge in [0.1, 0.15) is 0 Å². The lowest BCUT2D eigenvalue weighted by atomic mass is 10.2. The van der Waals surface area contributed by atoms with Gasteiger partial charge >= 0.3 is 11.4 Å². The monoisotopic (exact) mass is 398 g/mol. The molecule has 3 heterocycles. The maximum atomic E-state index is 13.1. The largest absolute Gasteiger partial charge is 0.352 e. The average Bonchev–Trinajstić information content (AvgIpc) is 3.29. The van der Waals surface area contributed by atoms with Crippen molar-refractivity contribution < 1.29 is 0 Å². The minimum Gasteiger partial charge on any atom is -0.262 e. The Morgan fingerprint density at radius 1 is 0.900 bits per heavy atom. The topological polar surface area (TPSA) is 79.6 Å². The maximum Gasteiger partial charge on any atom is 0.352 e. The van der Waals surface area contributed by atoms with E-state index in [4.69, 9.17) is 0 Å². The van der Waals surface area contributed by atoms with Crippen LogP contribution in [0.1, 0.15) is 5.56 Å². The Hall–Kier alpha value is -4.20. The SMILES string of the molecule is Cn1c(=O)n(Cc2ccccc2)c(=O)n1-c1ccc2nn(-c3cccnc3)cc2c1. The fraction of sp³-hybridized carbons (Fsp3) is 0.0909. The Morgan fingerprint density at radius 2 is 1.73 bits per heavy atom. The fourth-order valence-corrected chi connectivity index (χ4v) is 3.54. The van der Waals surface area contributed by atoms with Gasteiger partial charge in [-0.15, -0.1) is 0 Å². The molecule has 30 heavy (non-hydrogen) atoms. The molecular weight excluding hydrogens is 380 g/mol. The van der Waals surface area contributed by atoms with Crippen LogP contribution in [0.3, 0.4) is 0 Å². The Kier molecular flexibility index (Phi) is 4.17. The summed E-state index contributed by atoms with van der Waals surface area (Å²) in [6.45, 7) is 0.223. The molecular formula is C22H18N6O2. The molecule has 0 atom stereocenters. The molecule has 8 heteroatoms. The van der Waals surface area contributed by atoms with Gasteiger partial charge in [0, 0.05) is 24.8 Å². The summed E-state index contributed by atoms with van der Waals surface area (Å²) in [5.74, 6) is 0. The van der Waals surface area contributed by atoms with Gasteiger partial charge in [-0.1, -0.05) is 30.3 Å². The molecule has 148 valence electrons. The number of aromatic nitrogens is 6. The minimum absolute atomic E-state index is 0.223. The number of hydrogen-bond donors (Lipinski definition) is 0. The van der Waals surface area contributed by atoms with Gasteiger partial charge in [0.2, 0.25) is 0 Å². The highest BCUT2D eigenvalue weighted by Gasteiger charge is 2.16. The van der Waals surface area contributed by atoms with Crippen LogP contribution in [0.25, 0.3) is 22.3 Å². The summed E-state index contributed by atoms with van der Waals surface area (Å²) in [6, 6.07) is 18.7. The first-order chi connectivity index (χ1) is 14.6. The molecule has 0 fully saturated rings. The summed E-state index contributed by atoms with van der Waals surface area (Å²) in [5, 5.41) is 5.41. The molecule has 0 spiro atoms. The highest BCUT2D eigenvalue weighted by Crippen LogP contribution is 2.18. The number of hydrogen-bond acceptors (Lipinski definition) is 4. The molecule has 0 saturated heterocycles. The van der Waals surface area contributed by atoms with Crippen LogP contribution in [0.4, 0.5) is 0 Å². The van der Waals surface area contributed by atoms with Gasteiger partial charge < -0.3 is 0 Å². The van der Waals surface area contributed by atoms with E-state index in [1.165, 1.54) is 13.9 Å². The van der Waals surface area contributed by atoms with Crippen molar-refractivity contribution in [3.63, 3.8) is 0 Å². The summed E-state index contributed by atoms with van der Waals surface area (Å²) < 4.78 is 5.69. The van der Waals surface area contributed by atoms with Crippen molar-refractivity contribution in [1.29, 1.82) is 0 Å². The van der Waals surface area contributed by atoms with Crippen LogP contribution < -0.4 is 11.4 Å². The Balaban J connectivity index is 1.59. The first-order valence-corrected chi connectivity index (χ1v) is 9.45. The van der Waals surface area contributed by atoms with E-state index in [0.29, 0.717) is 5.69 Å². The molecule has 5 rings (SSSR count). The van der Waals surface area contributed by atoms with Crippen LogP contribution >= 0.6 is 0 Å². The van der Waals surface area contributed by atoms with E-state index in [1.807, 2.05) is 60.8 Å². The maximum absolute atomic E-state index is 13.1. The lowest BCUT2D eigenvalue weighted by molar-refractivity contribution is 0.627. The second kappa shape index (κ2) is 7.00. The Morgan fingerprint density at radius 3 is 2.50 bits per heavy atom. The van der Waals surface area contributed by atoms with Gasteiger partial charge in [0.05, 0.1) is 29.6 Å². The van der Waals surface area contributed by atoms with Crippen molar-refractivity contribution in [3.05, 3.63) is 106 Å². The van der Waals surface area contributed by atoms with Gasteiger partial charge in [-0.3, -0.25) is 4.98 Å². The molecule has 0 aliphatic carbocycles. The van der Waals surface area contributed by atoms with Crippen molar-refractivity contribution >= 4 is 10.9 Å². The minimum atomic E-state index is -0.384. The zero-order valence-corrected chi connectivity index (χ0v) is 16.2. The molecule has 2 aromatic carbocycles.